The Labute approximate surface area is 125 Å². The molecule has 0 aliphatic carbocycles. The van der Waals surface area contributed by atoms with E-state index in [9.17, 15) is 0 Å². The maximum atomic E-state index is 4.57. The first-order valence-corrected chi connectivity index (χ1v) is 7.23. The predicted octanol–water partition coefficient (Wildman–Crippen LogP) is 4.07. The van der Waals surface area contributed by atoms with Crippen molar-refractivity contribution in [1.82, 2.24) is 14.6 Å². The van der Waals surface area contributed by atoms with Gasteiger partial charge in [0.2, 0.25) is 0 Å². The molecule has 0 saturated carbocycles. The minimum Gasteiger partial charge on any atom is -0.220 e. The maximum absolute atomic E-state index is 4.57. The summed E-state index contributed by atoms with van der Waals surface area (Å²) in [5.41, 5.74) is 3.23. The Kier molecular flexibility index (Phi) is 3.05. The van der Waals surface area contributed by atoms with E-state index in [2.05, 4.69) is 64.7 Å². The Morgan fingerprint density at radius 2 is 1.74 bits per heavy atom. The van der Waals surface area contributed by atoms with Crippen LogP contribution >= 0.6 is 22.6 Å². The van der Waals surface area contributed by atoms with Crippen molar-refractivity contribution in [3.63, 3.8) is 0 Å². The molecule has 0 radical (unpaired) electrons. The lowest BCUT2D eigenvalue weighted by Gasteiger charge is -2.09. The van der Waals surface area contributed by atoms with Crippen LogP contribution in [0.3, 0.4) is 0 Å². The highest BCUT2D eigenvalue weighted by Crippen LogP contribution is 2.28. The van der Waals surface area contributed by atoms with E-state index < -0.39 is 0 Å². The van der Waals surface area contributed by atoms with E-state index in [-0.39, 0.29) is 3.42 Å². The molecule has 4 heteroatoms. The third-order valence-electron chi connectivity index (χ3n) is 2.97. The monoisotopic (exact) mass is 363 g/mol. The number of rotatable bonds is 2. The van der Waals surface area contributed by atoms with Crippen molar-refractivity contribution in [2.45, 2.75) is 17.3 Å². The molecule has 0 N–H and O–H groups in total. The summed E-state index contributed by atoms with van der Waals surface area (Å²) in [7, 11) is 0. The molecule has 19 heavy (non-hydrogen) atoms. The smallest absolute Gasteiger partial charge is 0.167 e. The average molecular weight is 363 g/mol. The molecule has 0 aliphatic heterocycles. The topological polar surface area (TPSA) is 30.2 Å². The summed E-state index contributed by atoms with van der Waals surface area (Å²) in [6.07, 6.45) is 2.03. The molecule has 3 aromatic rings. The zero-order valence-corrected chi connectivity index (χ0v) is 13.0. The van der Waals surface area contributed by atoms with Crippen LogP contribution in [0.5, 0.6) is 0 Å². The van der Waals surface area contributed by atoms with Crippen molar-refractivity contribution in [2.75, 3.05) is 0 Å². The van der Waals surface area contributed by atoms with Crippen LogP contribution in [0.4, 0.5) is 0 Å². The second kappa shape index (κ2) is 4.59. The van der Waals surface area contributed by atoms with Crippen LogP contribution in [-0.2, 0) is 3.42 Å². The van der Waals surface area contributed by atoms with Crippen LogP contribution in [0.2, 0.25) is 0 Å². The van der Waals surface area contributed by atoms with Crippen LogP contribution in [-0.4, -0.2) is 14.6 Å². The molecule has 2 heterocycles. The first-order chi connectivity index (χ1) is 9.04. The van der Waals surface area contributed by atoms with E-state index >= 15 is 0 Å². The second-order valence-corrected chi connectivity index (χ2v) is 7.69. The van der Waals surface area contributed by atoms with Crippen LogP contribution in [0.1, 0.15) is 19.7 Å². The fourth-order valence-electron chi connectivity index (χ4n) is 1.94. The van der Waals surface area contributed by atoms with Crippen molar-refractivity contribution in [3.05, 3.63) is 54.5 Å². The standard InChI is InChI=1S/C15H14IN3/c1-15(2,16)14-17-13-9-8-12(10-19(13)18-14)11-6-4-3-5-7-11/h3-10H,1-2H3. The normalized spacial score (nSPS) is 11.9. The van der Waals surface area contributed by atoms with Gasteiger partial charge in [0.25, 0.3) is 0 Å². The highest BCUT2D eigenvalue weighted by Gasteiger charge is 2.21. The Bertz CT molecular complexity index is 711. The van der Waals surface area contributed by atoms with Gasteiger partial charge >= 0.3 is 0 Å². The van der Waals surface area contributed by atoms with Crippen LogP contribution < -0.4 is 0 Å². The highest BCUT2D eigenvalue weighted by molar-refractivity contribution is 14.1. The van der Waals surface area contributed by atoms with Crippen LogP contribution in [0.15, 0.2) is 48.7 Å². The fraction of sp³-hybridized carbons (Fsp3) is 0.200. The molecule has 0 unspecified atom stereocenters. The molecular formula is C15H14IN3. The first-order valence-electron chi connectivity index (χ1n) is 6.15. The quantitative estimate of drug-likeness (QED) is 0.508. The third kappa shape index (κ3) is 2.49. The molecule has 3 nitrogen and oxygen atoms in total. The van der Waals surface area contributed by atoms with Gasteiger partial charge in [-0.1, -0.05) is 52.9 Å². The van der Waals surface area contributed by atoms with Gasteiger partial charge in [0.05, 0.1) is 3.42 Å². The number of nitrogens with zero attached hydrogens (tertiary/aromatic N) is 3. The van der Waals surface area contributed by atoms with Gasteiger partial charge in [-0.15, -0.1) is 5.10 Å². The minimum absolute atomic E-state index is 0.0588. The number of hydrogen-bond donors (Lipinski definition) is 0. The number of hydrogen-bond acceptors (Lipinski definition) is 2. The Morgan fingerprint density at radius 1 is 1.00 bits per heavy atom. The van der Waals surface area contributed by atoms with Crippen molar-refractivity contribution in [3.8, 4) is 11.1 Å². The van der Waals surface area contributed by atoms with Crippen molar-refractivity contribution >= 4 is 28.2 Å². The Morgan fingerprint density at radius 3 is 2.42 bits per heavy atom. The zero-order chi connectivity index (χ0) is 13.5. The van der Waals surface area contributed by atoms with Gasteiger partial charge in [0.1, 0.15) is 0 Å². The summed E-state index contributed by atoms with van der Waals surface area (Å²) in [6, 6.07) is 14.4. The van der Waals surface area contributed by atoms with Gasteiger partial charge in [-0.2, -0.15) is 0 Å². The Hall–Kier alpha value is -1.43. The molecular weight excluding hydrogens is 349 g/mol. The Balaban J connectivity index is 2.11. The molecule has 0 spiro atoms. The number of benzene rings is 1. The van der Waals surface area contributed by atoms with E-state index in [4.69, 9.17) is 0 Å². The summed E-state index contributed by atoms with van der Waals surface area (Å²) < 4.78 is 1.80. The molecule has 2 aromatic heterocycles. The molecule has 0 bridgehead atoms. The SMILES string of the molecule is CC(C)(I)c1nc2ccc(-c3ccccc3)cn2n1. The summed E-state index contributed by atoms with van der Waals surface area (Å²) >= 11 is 2.36. The molecule has 1 aromatic carbocycles. The number of fused-ring (bicyclic) bond motifs is 1. The summed E-state index contributed by atoms with van der Waals surface area (Å²) in [4.78, 5) is 4.56. The second-order valence-electron chi connectivity index (χ2n) is 4.99. The van der Waals surface area contributed by atoms with Gasteiger partial charge in [0, 0.05) is 11.8 Å². The maximum Gasteiger partial charge on any atom is 0.167 e. The van der Waals surface area contributed by atoms with E-state index in [1.165, 1.54) is 5.56 Å². The van der Waals surface area contributed by atoms with E-state index in [1.54, 1.807) is 0 Å². The largest absolute Gasteiger partial charge is 0.220 e. The van der Waals surface area contributed by atoms with E-state index in [1.807, 2.05) is 35.0 Å². The number of aromatic nitrogens is 3. The lowest BCUT2D eigenvalue weighted by molar-refractivity contribution is 0.737. The molecule has 0 amide bonds. The van der Waals surface area contributed by atoms with Gasteiger partial charge < -0.3 is 0 Å². The van der Waals surface area contributed by atoms with Gasteiger partial charge in [-0.05, 0) is 31.5 Å². The lowest BCUT2D eigenvalue weighted by Crippen LogP contribution is -2.09. The van der Waals surface area contributed by atoms with Gasteiger partial charge in [0.15, 0.2) is 11.5 Å². The number of alkyl halides is 1. The van der Waals surface area contributed by atoms with Gasteiger partial charge in [-0.25, -0.2) is 9.50 Å². The summed E-state index contributed by atoms with van der Waals surface area (Å²) in [5.74, 6) is 0.860. The molecule has 0 aliphatic rings. The number of pyridine rings is 1. The van der Waals surface area contributed by atoms with Crippen molar-refractivity contribution < 1.29 is 0 Å². The molecule has 0 fully saturated rings. The molecule has 96 valence electrons. The van der Waals surface area contributed by atoms with Crippen LogP contribution in [0.25, 0.3) is 16.8 Å². The van der Waals surface area contributed by atoms with Crippen LogP contribution in [0, 0.1) is 0 Å². The molecule has 3 rings (SSSR count). The van der Waals surface area contributed by atoms with E-state index in [0.29, 0.717) is 0 Å². The fourth-order valence-corrected chi connectivity index (χ4v) is 2.16. The third-order valence-corrected chi connectivity index (χ3v) is 3.45. The molecule has 0 saturated heterocycles. The highest BCUT2D eigenvalue weighted by atomic mass is 127. The summed E-state index contributed by atoms with van der Waals surface area (Å²) in [6.45, 7) is 4.22. The zero-order valence-electron chi connectivity index (χ0n) is 10.8. The van der Waals surface area contributed by atoms with Crippen molar-refractivity contribution in [1.29, 1.82) is 0 Å². The van der Waals surface area contributed by atoms with Crippen molar-refractivity contribution in [2.24, 2.45) is 0 Å². The van der Waals surface area contributed by atoms with E-state index in [0.717, 1.165) is 17.0 Å². The number of halogens is 1. The predicted molar refractivity (Wildman–Crippen MR) is 85.5 cm³/mol. The average Bonchev–Trinajstić information content (AvgIpc) is 2.82. The van der Waals surface area contributed by atoms with Gasteiger partial charge in [-0.3, -0.25) is 0 Å². The first kappa shape index (κ1) is 12.6. The minimum atomic E-state index is -0.0588. The molecule has 0 atom stereocenters. The summed E-state index contributed by atoms with van der Waals surface area (Å²) in [5, 5.41) is 4.57. The lowest BCUT2D eigenvalue weighted by atomic mass is 10.1.